The molecule has 0 bridgehead atoms. The first-order valence-electron chi connectivity index (χ1n) is 8.43. The maximum atomic E-state index is 13.5. The number of carbonyl (C=O) groups is 1. The molecule has 1 amide bonds. The van der Waals surface area contributed by atoms with Crippen LogP contribution in [0.2, 0.25) is 0 Å². The van der Waals surface area contributed by atoms with E-state index < -0.39 is 17.2 Å². The third-order valence-electron chi connectivity index (χ3n) is 5.27. The third kappa shape index (κ3) is 2.80. The lowest BCUT2D eigenvalue weighted by molar-refractivity contribution is -0.131. The number of carbonyl (C=O) groups excluding carboxylic acids is 1. The Bertz CT molecular complexity index is 821. The second-order valence-electron chi connectivity index (χ2n) is 6.92. The summed E-state index contributed by atoms with van der Waals surface area (Å²) in [5, 5.41) is 3.46. The smallest absolute Gasteiger partial charge is 0.242 e. The molecule has 2 saturated heterocycles. The monoisotopic (exact) mass is 343 g/mol. The van der Waals surface area contributed by atoms with Gasteiger partial charge in [-0.3, -0.25) is 15.1 Å². The molecule has 2 aliphatic heterocycles. The van der Waals surface area contributed by atoms with Crippen molar-refractivity contribution in [3.63, 3.8) is 0 Å². The van der Waals surface area contributed by atoms with E-state index in [4.69, 9.17) is 0 Å². The van der Waals surface area contributed by atoms with Crippen molar-refractivity contribution in [2.75, 3.05) is 13.6 Å². The van der Waals surface area contributed by atoms with Crippen LogP contribution in [0.15, 0.2) is 36.5 Å². The number of pyridine rings is 1. The molecule has 0 aliphatic carbocycles. The topological polar surface area (TPSA) is 45.2 Å². The number of aromatic nitrogens is 1. The number of rotatable bonds is 2. The third-order valence-corrected chi connectivity index (χ3v) is 5.27. The van der Waals surface area contributed by atoms with E-state index in [1.54, 1.807) is 17.2 Å². The van der Waals surface area contributed by atoms with Crippen LogP contribution in [0.1, 0.15) is 31.0 Å². The lowest BCUT2D eigenvalue weighted by atomic mass is 9.96. The Hall–Kier alpha value is -2.34. The SMILES string of the molecule is CN1CC[C@@]2(CC[C@H](c3cc(-c4cc(F)cc(F)c4)ccn3)N2)C1=O. The molecule has 25 heavy (non-hydrogen) atoms. The van der Waals surface area contributed by atoms with E-state index in [-0.39, 0.29) is 11.9 Å². The van der Waals surface area contributed by atoms with Crippen LogP contribution >= 0.6 is 0 Å². The summed E-state index contributed by atoms with van der Waals surface area (Å²) in [6.45, 7) is 0.759. The summed E-state index contributed by atoms with van der Waals surface area (Å²) in [6, 6.07) is 7.01. The highest BCUT2D eigenvalue weighted by molar-refractivity contribution is 5.88. The molecule has 2 aliphatic rings. The molecular formula is C19H19F2N3O. The Kier molecular flexibility index (Phi) is 3.80. The molecule has 4 nitrogen and oxygen atoms in total. The predicted molar refractivity (Wildman–Crippen MR) is 89.7 cm³/mol. The second-order valence-corrected chi connectivity index (χ2v) is 6.92. The molecule has 2 fully saturated rings. The average Bonchev–Trinajstić information content (AvgIpc) is 3.14. The minimum absolute atomic E-state index is 0.0335. The fraction of sp³-hybridized carbons (Fsp3) is 0.368. The fourth-order valence-corrected chi connectivity index (χ4v) is 3.93. The summed E-state index contributed by atoms with van der Waals surface area (Å²) in [6.07, 6.45) is 4.03. The van der Waals surface area contributed by atoms with E-state index in [1.165, 1.54) is 12.1 Å². The summed E-state index contributed by atoms with van der Waals surface area (Å²) in [5.41, 5.74) is 1.50. The Morgan fingerprint density at radius 3 is 2.60 bits per heavy atom. The van der Waals surface area contributed by atoms with Crippen molar-refractivity contribution < 1.29 is 13.6 Å². The Balaban J connectivity index is 1.61. The zero-order valence-corrected chi connectivity index (χ0v) is 13.9. The van der Waals surface area contributed by atoms with Gasteiger partial charge >= 0.3 is 0 Å². The first-order chi connectivity index (χ1) is 12.0. The first-order valence-corrected chi connectivity index (χ1v) is 8.43. The number of hydrogen-bond donors (Lipinski definition) is 1. The number of amides is 1. The van der Waals surface area contributed by atoms with Crippen LogP contribution in [0.5, 0.6) is 0 Å². The van der Waals surface area contributed by atoms with Gasteiger partial charge in [-0.05, 0) is 54.7 Å². The number of likely N-dealkylation sites (N-methyl/N-ethyl adjacent to an activating group) is 1. The quantitative estimate of drug-likeness (QED) is 0.912. The van der Waals surface area contributed by atoms with Gasteiger partial charge in [0.1, 0.15) is 17.2 Å². The molecular weight excluding hydrogens is 324 g/mol. The normalized spacial score (nSPS) is 26.0. The van der Waals surface area contributed by atoms with Crippen molar-refractivity contribution in [3.8, 4) is 11.1 Å². The number of nitrogens with one attached hydrogen (secondary N) is 1. The molecule has 0 unspecified atom stereocenters. The van der Waals surface area contributed by atoms with Gasteiger partial charge in [0.25, 0.3) is 0 Å². The number of benzene rings is 1. The molecule has 0 radical (unpaired) electrons. The predicted octanol–water partition coefficient (Wildman–Crippen LogP) is 3.05. The molecule has 3 heterocycles. The highest BCUT2D eigenvalue weighted by atomic mass is 19.1. The van der Waals surface area contributed by atoms with E-state index in [1.807, 2.05) is 13.1 Å². The van der Waals surface area contributed by atoms with Gasteiger partial charge in [0, 0.05) is 25.9 Å². The van der Waals surface area contributed by atoms with Gasteiger partial charge in [0.05, 0.1) is 11.7 Å². The van der Waals surface area contributed by atoms with Crippen LogP contribution in [-0.4, -0.2) is 34.9 Å². The Morgan fingerprint density at radius 1 is 1.16 bits per heavy atom. The highest BCUT2D eigenvalue weighted by Crippen LogP contribution is 2.39. The molecule has 2 aromatic rings. The van der Waals surface area contributed by atoms with Gasteiger partial charge in [-0.1, -0.05) is 0 Å². The van der Waals surface area contributed by atoms with Gasteiger partial charge in [-0.2, -0.15) is 0 Å². The summed E-state index contributed by atoms with van der Waals surface area (Å²) in [4.78, 5) is 18.6. The van der Waals surface area contributed by atoms with E-state index in [0.29, 0.717) is 11.1 Å². The summed E-state index contributed by atoms with van der Waals surface area (Å²) in [7, 11) is 1.82. The van der Waals surface area contributed by atoms with Crippen LogP contribution in [0.25, 0.3) is 11.1 Å². The average molecular weight is 343 g/mol. The number of halogens is 2. The number of nitrogens with zero attached hydrogens (tertiary/aromatic N) is 2. The Morgan fingerprint density at radius 2 is 1.92 bits per heavy atom. The summed E-state index contributed by atoms with van der Waals surface area (Å²) >= 11 is 0. The molecule has 1 aromatic heterocycles. The van der Waals surface area contributed by atoms with Gasteiger partial charge in [0.2, 0.25) is 5.91 Å². The van der Waals surface area contributed by atoms with Crippen LogP contribution in [0, 0.1) is 11.6 Å². The second kappa shape index (κ2) is 5.88. The summed E-state index contributed by atoms with van der Waals surface area (Å²) in [5.74, 6) is -1.07. The van der Waals surface area contributed by atoms with Crippen molar-refractivity contribution >= 4 is 5.91 Å². The van der Waals surface area contributed by atoms with Crippen LogP contribution in [0.3, 0.4) is 0 Å². The van der Waals surface area contributed by atoms with E-state index in [9.17, 15) is 13.6 Å². The minimum atomic E-state index is -0.606. The molecule has 6 heteroatoms. The largest absolute Gasteiger partial charge is 0.344 e. The van der Waals surface area contributed by atoms with Crippen LogP contribution in [0.4, 0.5) is 8.78 Å². The molecule has 4 rings (SSSR count). The van der Waals surface area contributed by atoms with Crippen molar-refractivity contribution in [2.24, 2.45) is 0 Å². The molecule has 0 saturated carbocycles. The lowest BCUT2D eigenvalue weighted by Crippen LogP contribution is -2.47. The molecule has 130 valence electrons. The van der Waals surface area contributed by atoms with E-state index in [2.05, 4.69) is 10.3 Å². The van der Waals surface area contributed by atoms with Gasteiger partial charge < -0.3 is 4.90 Å². The molecule has 1 spiro atoms. The standard InChI is InChI=1S/C19H19F2N3O/c1-24-7-5-19(18(24)25)4-2-16(23-19)17-10-12(3-6-22-17)13-8-14(20)11-15(21)9-13/h3,6,8-11,16,23H,2,4-5,7H2,1H3/t16-,19+/m1/s1. The fourth-order valence-electron chi connectivity index (χ4n) is 3.93. The van der Waals surface area contributed by atoms with Crippen molar-refractivity contribution in [1.82, 2.24) is 15.2 Å². The minimum Gasteiger partial charge on any atom is -0.344 e. The first kappa shape index (κ1) is 16.1. The number of likely N-dealkylation sites (tertiary alicyclic amines) is 1. The van der Waals surface area contributed by atoms with Gasteiger partial charge in [-0.25, -0.2) is 8.78 Å². The van der Waals surface area contributed by atoms with Gasteiger partial charge in [-0.15, -0.1) is 0 Å². The van der Waals surface area contributed by atoms with Crippen molar-refractivity contribution in [2.45, 2.75) is 30.8 Å². The van der Waals surface area contributed by atoms with Crippen molar-refractivity contribution in [3.05, 3.63) is 53.9 Å². The van der Waals surface area contributed by atoms with Crippen LogP contribution < -0.4 is 5.32 Å². The Labute approximate surface area is 144 Å². The zero-order chi connectivity index (χ0) is 17.6. The lowest BCUT2D eigenvalue weighted by Gasteiger charge is -2.23. The zero-order valence-electron chi connectivity index (χ0n) is 13.9. The maximum absolute atomic E-state index is 13.5. The highest BCUT2D eigenvalue weighted by Gasteiger charge is 2.50. The van der Waals surface area contributed by atoms with Crippen molar-refractivity contribution in [1.29, 1.82) is 0 Å². The van der Waals surface area contributed by atoms with Gasteiger partial charge in [0.15, 0.2) is 0 Å². The maximum Gasteiger partial charge on any atom is 0.242 e. The van der Waals surface area contributed by atoms with E-state index in [0.717, 1.165) is 37.6 Å². The number of hydrogen-bond acceptors (Lipinski definition) is 3. The molecule has 1 aromatic carbocycles. The van der Waals surface area contributed by atoms with Crippen LogP contribution in [-0.2, 0) is 4.79 Å². The van der Waals surface area contributed by atoms with E-state index >= 15 is 0 Å². The molecule has 1 N–H and O–H groups in total. The molecule has 2 atom stereocenters. The summed E-state index contributed by atoms with van der Waals surface area (Å²) < 4.78 is 27.0.